The number of nitrogen functional groups attached to an aromatic ring is 1. The minimum Gasteiger partial charge on any atom is -0.374 e. The molecule has 0 aliphatic heterocycles. The molecule has 0 aliphatic rings. The third-order valence-corrected chi connectivity index (χ3v) is 2.80. The normalized spacial score (nSPS) is 12.3. The Balaban J connectivity index is 2.74. The smallest absolute Gasteiger partial charge is 0.217 e. The van der Waals surface area contributed by atoms with Crippen LogP contribution < -0.4 is 10.5 Å². The zero-order chi connectivity index (χ0) is 7.40. The van der Waals surface area contributed by atoms with Crippen molar-refractivity contribution in [2.24, 2.45) is 4.99 Å². The topological polar surface area (TPSA) is 51.3 Å². The molecule has 1 rings (SSSR count). The van der Waals surface area contributed by atoms with E-state index in [1.165, 1.54) is 20.7 Å². The molecule has 1 aromatic heterocycles. The lowest BCUT2D eigenvalue weighted by Crippen LogP contribution is -2.00. The van der Waals surface area contributed by atoms with Gasteiger partial charge in [0, 0.05) is 6.54 Å². The van der Waals surface area contributed by atoms with Crippen LogP contribution in [0.2, 0.25) is 0 Å². The maximum Gasteiger partial charge on any atom is 0.217 e. The van der Waals surface area contributed by atoms with Crippen molar-refractivity contribution in [3.05, 3.63) is 4.80 Å². The van der Waals surface area contributed by atoms with Crippen LogP contribution in [-0.4, -0.2) is 11.5 Å². The van der Waals surface area contributed by atoms with E-state index >= 15 is 0 Å². The fourth-order valence-electron chi connectivity index (χ4n) is 0.481. The zero-order valence-electron chi connectivity index (χ0n) is 5.70. The summed E-state index contributed by atoms with van der Waals surface area (Å²) in [6, 6.07) is 0. The van der Waals surface area contributed by atoms with E-state index in [2.05, 4.69) is 16.9 Å². The van der Waals surface area contributed by atoms with E-state index in [-0.39, 0.29) is 0 Å². The molecule has 1 aromatic rings. The average Bonchev–Trinajstić information content (AvgIpc) is 2.31. The van der Waals surface area contributed by atoms with Crippen LogP contribution in [0.25, 0.3) is 0 Å². The molecule has 0 atom stereocenters. The number of anilines is 1. The van der Waals surface area contributed by atoms with Gasteiger partial charge in [-0.1, -0.05) is 6.92 Å². The van der Waals surface area contributed by atoms with Crippen LogP contribution >= 0.6 is 20.7 Å². The third-order valence-electron chi connectivity index (χ3n) is 0.878. The van der Waals surface area contributed by atoms with Crippen molar-refractivity contribution in [3.63, 3.8) is 0 Å². The van der Waals surface area contributed by atoms with Crippen molar-refractivity contribution in [2.45, 2.75) is 13.3 Å². The predicted molar refractivity (Wildman–Crippen MR) is 45.1 cm³/mol. The molecule has 0 amide bonds. The lowest BCUT2D eigenvalue weighted by atomic mass is 10.5. The monoisotopic (exact) mass is 175 g/mol. The van der Waals surface area contributed by atoms with Crippen molar-refractivity contribution in [1.82, 2.24) is 4.98 Å². The second-order valence-corrected chi connectivity index (χ2v) is 3.90. The highest BCUT2D eigenvalue weighted by atomic mass is 32.9. The summed E-state index contributed by atoms with van der Waals surface area (Å²) in [6.45, 7) is 2.93. The Morgan fingerprint density at radius 2 is 2.40 bits per heavy atom. The van der Waals surface area contributed by atoms with Gasteiger partial charge in [-0.05, 0) is 27.1 Å². The van der Waals surface area contributed by atoms with Crippen LogP contribution in [0.5, 0.6) is 0 Å². The van der Waals surface area contributed by atoms with E-state index in [0.29, 0.717) is 5.13 Å². The molecule has 1 heterocycles. The maximum absolute atomic E-state index is 5.41. The second kappa shape index (κ2) is 3.68. The van der Waals surface area contributed by atoms with E-state index in [9.17, 15) is 0 Å². The van der Waals surface area contributed by atoms with E-state index in [1.54, 1.807) is 0 Å². The Kier molecular flexibility index (Phi) is 2.82. The summed E-state index contributed by atoms with van der Waals surface area (Å²) >= 11 is 0. The highest BCUT2D eigenvalue weighted by Gasteiger charge is 1.88. The van der Waals surface area contributed by atoms with Gasteiger partial charge in [0.05, 0.1) is 0 Å². The van der Waals surface area contributed by atoms with Crippen LogP contribution in [0.15, 0.2) is 4.99 Å². The first kappa shape index (κ1) is 7.68. The molecule has 0 radical (unpaired) electrons. The van der Waals surface area contributed by atoms with Crippen molar-refractivity contribution in [1.29, 1.82) is 0 Å². The summed E-state index contributed by atoms with van der Waals surface area (Å²) in [7, 11) is 3.00. The quantitative estimate of drug-likeness (QED) is 0.684. The summed E-state index contributed by atoms with van der Waals surface area (Å²) in [5.74, 6) is 0. The van der Waals surface area contributed by atoms with Gasteiger partial charge in [0.25, 0.3) is 0 Å². The number of hydrogen-bond acceptors (Lipinski definition) is 5. The van der Waals surface area contributed by atoms with Crippen molar-refractivity contribution in [2.75, 3.05) is 12.3 Å². The van der Waals surface area contributed by atoms with E-state index in [1.807, 2.05) is 0 Å². The first-order chi connectivity index (χ1) is 4.83. The zero-order valence-corrected chi connectivity index (χ0v) is 7.34. The number of nitrogens with zero attached hydrogens (tertiary/aromatic N) is 2. The molecule has 5 heteroatoms. The molecule has 0 bridgehead atoms. The molecule has 0 unspecified atom stereocenters. The van der Waals surface area contributed by atoms with Gasteiger partial charge in [0.2, 0.25) is 4.80 Å². The lowest BCUT2D eigenvalue weighted by Gasteiger charge is -1.79. The fourth-order valence-corrected chi connectivity index (χ4v) is 1.96. The molecule has 10 heavy (non-hydrogen) atoms. The van der Waals surface area contributed by atoms with Gasteiger partial charge in [-0.2, -0.15) is 4.98 Å². The number of nitrogens with two attached hydrogens (primary N) is 1. The maximum atomic E-state index is 5.41. The van der Waals surface area contributed by atoms with Gasteiger partial charge in [-0.15, -0.1) is 0 Å². The summed E-state index contributed by atoms with van der Waals surface area (Å²) < 4.78 is 0. The van der Waals surface area contributed by atoms with Crippen LogP contribution in [0, 0.1) is 0 Å². The Morgan fingerprint density at radius 1 is 1.60 bits per heavy atom. The molecular formula is C5H9N3S2. The minimum atomic E-state index is 0.611. The molecule has 0 saturated heterocycles. The third kappa shape index (κ3) is 2.07. The van der Waals surface area contributed by atoms with Crippen LogP contribution in [0.3, 0.4) is 0 Å². The number of aromatic nitrogens is 1. The molecule has 0 spiro atoms. The molecule has 0 saturated carbocycles. The number of hydrogen-bond donors (Lipinski definition) is 1. The van der Waals surface area contributed by atoms with Gasteiger partial charge < -0.3 is 5.73 Å². The Bertz CT molecular complexity index is 249. The highest BCUT2D eigenvalue weighted by Crippen LogP contribution is 2.06. The molecule has 0 fully saturated rings. The molecule has 56 valence electrons. The average molecular weight is 175 g/mol. The van der Waals surface area contributed by atoms with Crippen LogP contribution in [-0.2, 0) is 0 Å². The highest BCUT2D eigenvalue weighted by molar-refractivity contribution is 7.69. The SMILES string of the molecule is CCCN=c1nc(N)ss1. The van der Waals surface area contributed by atoms with Crippen LogP contribution in [0.4, 0.5) is 5.13 Å². The minimum absolute atomic E-state index is 0.611. The molecule has 2 N–H and O–H groups in total. The second-order valence-electron chi connectivity index (χ2n) is 1.78. The first-order valence-corrected chi connectivity index (χ1v) is 5.21. The molecular weight excluding hydrogens is 166 g/mol. The van der Waals surface area contributed by atoms with Crippen molar-refractivity contribution >= 4 is 25.8 Å². The van der Waals surface area contributed by atoms with E-state index < -0.39 is 0 Å². The van der Waals surface area contributed by atoms with E-state index in [0.717, 1.165) is 17.8 Å². The lowest BCUT2D eigenvalue weighted by molar-refractivity contribution is 0.898. The summed E-state index contributed by atoms with van der Waals surface area (Å²) in [6.07, 6.45) is 1.06. The van der Waals surface area contributed by atoms with Gasteiger partial charge >= 0.3 is 0 Å². The first-order valence-electron chi connectivity index (χ1n) is 3.06. The summed E-state index contributed by atoms with van der Waals surface area (Å²) in [5, 5.41) is 0.611. The van der Waals surface area contributed by atoms with Gasteiger partial charge in [0.15, 0.2) is 5.13 Å². The Hall–Kier alpha value is -0.420. The van der Waals surface area contributed by atoms with E-state index in [4.69, 9.17) is 5.73 Å². The summed E-state index contributed by atoms with van der Waals surface area (Å²) in [4.78, 5) is 8.99. The fraction of sp³-hybridized carbons (Fsp3) is 0.600. The van der Waals surface area contributed by atoms with Gasteiger partial charge in [0.1, 0.15) is 0 Å². The Morgan fingerprint density at radius 3 is 2.90 bits per heavy atom. The Labute approximate surface area is 66.7 Å². The van der Waals surface area contributed by atoms with Crippen molar-refractivity contribution in [3.8, 4) is 0 Å². The largest absolute Gasteiger partial charge is 0.374 e. The van der Waals surface area contributed by atoms with Gasteiger partial charge in [-0.3, -0.25) is 4.99 Å². The molecule has 0 aliphatic carbocycles. The standard InChI is InChI=1S/C5H9N3S2/c1-2-3-7-5-8-4(6)9-10-5/h2-3H2,1H3,(H2,6,7,8). The van der Waals surface area contributed by atoms with Gasteiger partial charge in [-0.25, -0.2) is 0 Å². The van der Waals surface area contributed by atoms with Crippen LogP contribution in [0.1, 0.15) is 13.3 Å². The molecule has 0 aromatic carbocycles. The summed E-state index contributed by atoms with van der Waals surface area (Å²) in [5.41, 5.74) is 5.41. The molecule has 3 nitrogen and oxygen atoms in total. The number of rotatable bonds is 2. The van der Waals surface area contributed by atoms with Crippen molar-refractivity contribution < 1.29 is 0 Å². The predicted octanol–water partition coefficient (Wildman–Crippen LogP) is 1.10.